The van der Waals surface area contributed by atoms with Gasteiger partial charge in [0.1, 0.15) is 5.75 Å². The van der Waals surface area contributed by atoms with Crippen LogP contribution in [-0.2, 0) is 0 Å². The molecule has 0 unspecified atom stereocenters. The van der Waals surface area contributed by atoms with Gasteiger partial charge in [-0.15, -0.1) is 11.3 Å². The molecule has 0 aliphatic rings. The summed E-state index contributed by atoms with van der Waals surface area (Å²) in [4.78, 5) is 12.3. The van der Waals surface area contributed by atoms with Crippen molar-refractivity contribution in [3.63, 3.8) is 0 Å². The first-order valence-electron chi connectivity index (χ1n) is 5.16. The highest BCUT2D eigenvalue weighted by Crippen LogP contribution is 2.25. The molecule has 0 fully saturated rings. The second kappa shape index (κ2) is 4.86. The second-order valence-electron chi connectivity index (χ2n) is 3.74. The van der Waals surface area contributed by atoms with Crippen LogP contribution < -0.4 is 4.74 Å². The Labute approximate surface area is 107 Å². The molecule has 0 aliphatic heterocycles. The van der Waals surface area contributed by atoms with Crippen LogP contribution in [0.4, 0.5) is 8.78 Å². The van der Waals surface area contributed by atoms with E-state index < -0.39 is 17.4 Å². The first-order chi connectivity index (χ1) is 8.54. The quantitative estimate of drug-likeness (QED) is 0.795. The predicted molar refractivity (Wildman–Crippen MR) is 65.4 cm³/mol. The molecule has 0 N–H and O–H groups in total. The third-order valence-electron chi connectivity index (χ3n) is 2.55. The fourth-order valence-corrected chi connectivity index (χ4v) is 2.31. The van der Waals surface area contributed by atoms with E-state index in [1.165, 1.54) is 32.2 Å². The van der Waals surface area contributed by atoms with E-state index in [0.29, 0.717) is 10.6 Å². The van der Waals surface area contributed by atoms with E-state index in [2.05, 4.69) is 0 Å². The highest BCUT2D eigenvalue weighted by atomic mass is 32.1. The fourth-order valence-electron chi connectivity index (χ4n) is 1.50. The minimum Gasteiger partial charge on any atom is -0.496 e. The lowest BCUT2D eigenvalue weighted by atomic mass is 10.1. The molecule has 94 valence electrons. The first-order valence-corrected chi connectivity index (χ1v) is 6.04. The van der Waals surface area contributed by atoms with Crippen molar-refractivity contribution in [3.05, 3.63) is 51.2 Å². The molecular weight excluding hydrogens is 258 g/mol. The Balaban J connectivity index is 2.43. The van der Waals surface area contributed by atoms with Crippen LogP contribution in [0.15, 0.2) is 23.6 Å². The van der Waals surface area contributed by atoms with Gasteiger partial charge in [0, 0.05) is 11.4 Å². The van der Waals surface area contributed by atoms with Gasteiger partial charge in [0.2, 0.25) is 5.78 Å². The minimum atomic E-state index is -1.10. The van der Waals surface area contributed by atoms with Gasteiger partial charge in [-0.05, 0) is 18.6 Å². The third-order valence-corrected chi connectivity index (χ3v) is 3.46. The van der Waals surface area contributed by atoms with Gasteiger partial charge in [-0.25, -0.2) is 8.78 Å². The van der Waals surface area contributed by atoms with Crippen molar-refractivity contribution in [2.75, 3.05) is 7.11 Å². The molecule has 0 aliphatic carbocycles. The van der Waals surface area contributed by atoms with Crippen molar-refractivity contribution >= 4 is 17.1 Å². The molecular formula is C13H10F2O2S. The maximum absolute atomic E-state index is 13.7. The standard InChI is InChI=1S/C13H10F2O2S/c1-7-3-4-9(12(15)11(7)14)13(16)10-5-8(17-2)6-18-10/h3-6H,1-2H3. The normalized spacial score (nSPS) is 10.4. The van der Waals surface area contributed by atoms with Crippen molar-refractivity contribution in [2.24, 2.45) is 0 Å². The lowest BCUT2D eigenvalue weighted by Crippen LogP contribution is -2.05. The average Bonchev–Trinajstić information content (AvgIpc) is 2.84. The number of ether oxygens (including phenoxy) is 1. The fraction of sp³-hybridized carbons (Fsp3) is 0.154. The summed E-state index contributed by atoms with van der Waals surface area (Å²) in [5, 5.41) is 1.63. The van der Waals surface area contributed by atoms with Crippen LogP contribution in [0.2, 0.25) is 0 Å². The Kier molecular flexibility index (Phi) is 3.43. The van der Waals surface area contributed by atoms with Crippen molar-refractivity contribution in [3.8, 4) is 5.75 Å². The molecule has 2 aromatic rings. The van der Waals surface area contributed by atoms with E-state index in [4.69, 9.17) is 4.74 Å². The van der Waals surface area contributed by atoms with Gasteiger partial charge in [-0.1, -0.05) is 6.07 Å². The number of rotatable bonds is 3. The van der Waals surface area contributed by atoms with Crippen LogP contribution in [0, 0.1) is 18.6 Å². The molecule has 2 rings (SSSR count). The van der Waals surface area contributed by atoms with Crippen molar-refractivity contribution in [1.82, 2.24) is 0 Å². The number of methoxy groups -OCH3 is 1. The Morgan fingerprint density at radius 3 is 2.61 bits per heavy atom. The Bertz CT molecular complexity index is 605. The summed E-state index contributed by atoms with van der Waals surface area (Å²) in [6.45, 7) is 1.45. The van der Waals surface area contributed by atoms with E-state index >= 15 is 0 Å². The lowest BCUT2D eigenvalue weighted by Gasteiger charge is -2.03. The van der Waals surface area contributed by atoms with E-state index in [0.717, 1.165) is 11.3 Å². The molecule has 1 heterocycles. The SMILES string of the molecule is COc1csc(C(=O)c2ccc(C)c(F)c2F)c1. The highest BCUT2D eigenvalue weighted by Gasteiger charge is 2.19. The molecule has 0 radical (unpaired) electrons. The zero-order valence-corrected chi connectivity index (χ0v) is 10.6. The van der Waals surface area contributed by atoms with Gasteiger partial charge in [0.25, 0.3) is 0 Å². The van der Waals surface area contributed by atoms with E-state index in [1.807, 2.05) is 0 Å². The molecule has 2 nitrogen and oxygen atoms in total. The van der Waals surface area contributed by atoms with Gasteiger partial charge in [0.05, 0.1) is 17.6 Å². The summed E-state index contributed by atoms with van der Waals surface area (Å²) >= 11 is 1.13. The van der Waals surface area contributed by atoms with Gasteiger partial charge in [0.15, 0.2) is 11.6 Å². The molecule has 0 saturated carbocycles. The number of carbonyl (C=O) groups is 1. The topological polar surface area (TPSA) is 26.3 Å². The predicted octanol–water partition coefficient (Wildman–Crippen LogP) is 3.57. The molecule has 1 aromatic carbocycles. The number of benzene rings is 1. The largest absolute Gasteiger partial charge is 0.496 e. The molecule has 18 heavy (non-hydrogen) atoms. The average molecular weight is 268 g/mol. The summed E-state index contributed by atoms with van der Waals surface area (Å²) in [6, 6.07) is 4.18. The number of hydrogen-bond donors (Lipinski definition) is 0. The molecule has 0 amide bonds. The number of hydrogen-bond acceptors (Lipinski definition) is 3. The Morgan fingerprint density at radius 2 is 2.00 bits per heavy atom. The monoisotopic (exact) mass is 268 g/mol. The van der Waals surface area contributed by atoms with Gasteiger partial charge in [-0.2, -0.15) is 0 Å². The number of carbonyl (C=O) groups excluding carboxylic acids is 1. The Hall–Kier alpha value is -1.75. The van der Waals surface area contributed by atoms with Crippen molar-refractivity contribution in [1.29, 1.82) is 0 Å². The molecule has 0 saturated heterocycles. The van der Waals surface area contributed by atoms with E-state index in [-0.39, 0.29) is 11.1 Å². The summed E-state index contributed by atoms with van der Waals surface area (Å²) < 4.78 is 32.0. The van der Waals surface area contributed by atoms with E-state index in [1.54, 1.807) is 5.38 Å². The smallest absolute Gasteiger partial charge is 0.206 e. The summed E-state index contributed by atoms with van der Waals surface area (Å²) in [5.74, 6) is -2.10. The molecule has 5 heteroatoms. The number of halogens is 2. The van der Waals surface area contributed by atoms with Crippen LogP contribution >= 0.6 is 11.3 Å². The molecule has 0 bridgehead atoms. The zero-order chi connectivity index (χ0) is 13.3. The van der Waals surface area contributed by atoms with Crippen molar-refractivity contribution < 1.29 is 18.3 Å². The maximum Gasteiger partial charge on any atom is 0.206 e. The minimum absolute atomic E-state index is 0.174. The van der Waals surface area contributed by atoms with Crippen LogP contribution in [0.25, 0.3) is 0 Å². The van der Waals surface area contributed by atoms with Gasteiger partial charge < -0.3 is 4.74 Å². The maximum atomic E-state index is 13.7. The summed E-state index contributed by atoms with van der Waals surface area (Å²) in [5.41, 5.74) is -0.0876. The molecule has 1 aromatic heterocycles. The van der Waals surface area contributed by atoms with Gasteiger partial charge in [-0.3, -0.25) is 4.79 Å². The summed E-state index contributed by atoms with van der Waals surface area (Å²) in [6.07, 6.45) is 0. The van der Waals surface area contributed by atoms with Crippen LogP contribution in [0.1, 0.15) is 20.8 Å². The van der Waals surface area contributed by atoms with Crippen LogP contribution in [0.3, 0.4) is 0 Å². The zero-order valence-electron chi connectivity index (χ0n) is 9.79. The molecule has 0 atom stereocenters. The van der Waals surface area contributed by atoms with E-state index in [9.17, 15) is 13.6 Å². The Morgan fingerprint density at radius 1 is 1.28 bits per heavy atom. The number of aryl methyl sites for hydroxylation is 1. The second-order valence-corrected chi connectivity index (χ2v) is 4.65. The third kappa shape index (κ3) is 2.13. The number of thiophene rings is 1. The van der Waals surface area contributed by atoms with Crippen LogP contribution in [-0.4, -0.2) is 12.9 Å². The number of ketones is 1. The molecule has 0 spiro atoms. The lowest BCUT2D eigenvalue weighted by molar-refractivity contribution is 0.103. The first kappa shape index (κ1) is 12.7. The van der Waals surface area contributed by atoms with Crippen LogP contribution in [0.5, 0.6) is 5.75 Å². The van der Waals surface area contributed by atoms with Gasteiger partial charge >= 0.3 is 0 Å². The highest BCUT2D eigenvalue weighted by molar-refractivity contribution is 7.12. The van der Waals surface area contributed by atoms with Crippen molar-refractivity contribution in [2.45, 2.75) is 6.92 Å². The summed E-state index contributed by atoms with van der Waals surface area (Å²) in [7, 11) is 1.47.